The SMILES string of the molecule is Cc1c(S(C)(=O)=O)c(-c2cc(F)cc(N3CCN(c4ccc(NS(=O)(=O)c5ccc(NC(CCN6CCC(C(=O)OCCCP(=O)(O)O)CC6)CSc6ccccc6)c(S(=O)(=O)C(F)(F)F)c5)cc4)CC3)c2)c(-c2ccc(Cl)cc2)n1C(C)C. The van der Waals surface area contributed by atoms with E-state index in [1.54, 1.807) is 49.4 Å². The van der Waals surface area contributed by atoms with Crippen molar-refractivity contribution < 1.29 is 66.7 Å². The lowest BCUT2D eigenvalue weighted by Crippen LogP contribution is -2.46. The van der Waals surface area contributed by atoms with E-state index in [0.29, 0.717) is 116 Å². The average molecular weight is 1280 g/mol. The summed E-state index contributed by atoms with van der Waals surface area (Å²) in [5.74, 6) is -1.19. The summed E-state index contributed by atoms with van der Waals surface area (Å²) in [6.07, 6.45) is 1.91. The van der Waals surface area contributed by atoms with Gasteiger partial charge in [-0.25, -0.2) is 29.6 Å². The van der Waals surface area contributed by atoms with E-state index in [1.807, 2.05) is 58.5 Å². The number of aromatic nitrogens is 1. The summed E-state index contributed by atoms with van der Waals surface area (Å²) >= 11 is 7.63. The van der Waals surface area contributed by atoms with E-state index in [2.05, 4.69) is 14.9 Å². The number of hydrogen-bond donors (Lipinski definition) is 4. The molecule has 2 aliphatic heterocycles. The zero-order valence-electron chi connectivity index (χ0n) is 46.4. The van der Waals surface area contributed by atoms with Crippen molar-refractivity contribution in [3.63, 3.8) is 0 Å². The normalized spacial score (nSPS) is 15.6. The first-order chi connectivity index (χ1) is 39.5. The van der Waals surface area contributed by atoms with Crippen LogP contribution in [-0.4, -0.2) is 133 Å². The van der Waals surface area contributed by atoms with Gasteiger partial charge in [0.05, 0.1) is 39.9 Å². The van der Waals surface area contributed by atoms with Crippen molar-refractivity contribution in [2.24, 2.45) is 5.92 Å². The highest BCUT2D eigenvalue weighted by Crippen LogP contribution is 2.45. The molecule has 454 valence electrons. The lowest BCUT2D eigenvalue weighted by Gasteiger charge is -2.37. The molecule has 0 bridgehead atoms. The van der Waals surface area contributed by atoms with E-state index >= 15 is 4.39 Å². The van der Waals surface area contributed by atoms with E-state index in [9.17, 15) is 47.8 Å². The van der Waals surface area contributed by atoms with Gasteiger partial charge >= 0.3 is 19.1 Å². The van der Waals surface area contributed by atoms with Gasteiger partial charge in [-0.1, -0.05) is 41.9 Å². The zero-order chi connectivity index (χ0) is 60.9. The number of nitrogens with one attached hydrogen (secondary N) is 2. The molecule has 27 heteroatoms. The number of likely N-dealkylation sites (tertiary alicyclic amines) is 1. The first kappa shape index (κ1) is 64.4. The summed E-state index contributed by atoms with van der Waals surface area (Å²) in [5.41, 5.74) is -2.40. The minimum atomic E-state index is -6.13. The highest BCUT2D eigenvalue weighted by atomic mass is 35.5. The van der Waals surface area contributed by atoms with Crippen LogP contribution in [0.2, 0.25) is 5.02 Å². The Morgan fingerprint density at radius 1 is 0.821 bits per heavy atom. The number of rotatable bonds is 23. The van der Waals surface area contributed by atoms with Crippen LogP contribution in [0.4, 0.5) is 40.3 Å². The van der Waals surface area contributed by atoms with Crippen LogP contribution < -0.4 is 19.8 Å². The molecule has 17 nitrogen and oxygen atoms in total. The van der Waals surface area contributed by atoms with Crippen LogP contribution in [0.5, 0.6) is 0 Å². The van der Waals surface area contributed by atoms with Gasteiger partial charge in [-0.2, -0.15) is 13.2 Å². The Bertz CT molecular complexity index is 3710. The lowest BCUT2D eigenvalue weighted by molar-refractivity contribution is -0.150. The van der Waals surface area contributed by atoms with Crippen molar-refractivity contribution in [1.82, 2.24) is 9.47 Å². The van der Waals surface area contributed by atoms with Crippen LogP contribution in [0.25, 0.3) is 22.4 Å². The van der Waals surface area contributed by atoms with Crippen molar-refractivity contribution in [3.05, 3.63) is 132 Å². The number of sulfone groups is 2. The molecule has 1 unspecified atom stereocenters. The summed E-state index contributed by atoms with van der Waals surface area (Å²) in [7, 11) is -18.9. The number of piperidine rings is 1. The van der Waals surface area contributed by atoms with Crippen molar-refractivity contribution in [1.29, 1.82) is 0 Å². The fourth-order valence-corrected chi connectivity index (χ4v) is 15.6. The van der Waals surface area contributed by atoms with Gasteiger partial charge < -0.3 is 39.1 Å². The third-order valence-electron chi connectivity index (χ3n) is 14.7. The maximum Gasteiger partial charge on any atom is 0.501 e. The molecule has 6 aromatic rings. The fraction of sp³-hybridized carbons (Fsp3) is 0.386. The number of halogens is 5. The zero-order valence-corrected chi connectivity index (χ0v) is 51.3. The quantitative estimate of drug-likeness (QED) is 0.0154. The van der Waals surface area contributed by atoms with Crippen LogP contribution in [-0.2, 0) is 43.8 Å². The molecule has 0 aliphatic carbocycles. The molecule has 4 N–H and O–H groups in total. The van der Waals surface area contributed by atoms with Gasteiger partial charge in [-0.15, -0.1) is 11.8 Å². The highest BCUT2D eigenvalue weighted by molar-refractivity contribution is 7.99. The second-order valence-electron chi connectivity index (χ2n) is 21.1. The number of benzene rings is 5. The third-order valence-corrected chi connectivity index (χ3v) is 21.1. The molecule has 3 heterocycles. The Kier molecular flexibility index (Phi) is 20.3. The minimum Gasteiger partial charge on any atom is -0.465 e. The van der Waals surface area contributed by atoms with Crippen molar-refractivity contribution >= 4 is 89.4 Å². The van der Waals surface area contributed by atoms with Gasteiger partial charge in [0.15, 0.2) is 9.84 Å². The molecular formula is C57H66ClF4N6O11PS4. The second kappa shape index (κ2) is 26.5. The van der Waals surface area contributed by atoms with E-state index in [4.69, 9.17) is 26.1 Å². The van der Waals surface area contributed by atoms with Crippen LogP contribution in [0.3, 0.4) is 0 Å². The molecule has 2 saturated heterocycles. The molecule has 1 atom stereocenters. The first-order valence-corrected chi connectivity index (χ1v) is 35.0. The van der Waals surface area contributed by atoms with Gasteiger partial charge in [0.25, 0.3) is 19.9 Å². The summed E-state index contributed by atoms with van der Waals surface area (Å²) in [6, 6.07) is 28.6. The number of thioether (sulfide) groups is 1. The Morgan fingerprint density at radius 2 is 1.45 bits per heavy atom. The van der Waals surface area contributed by atoms with Gasteiger partial charge in [0.1, 0.15) is 10.7 Å². The highest BCUT2D eigenvalue weighted by Gasteiger charge is 2.48. The number of carbonyl (C=O) groups excluding carboxylic acids is 1. The van der Waals surface area contributed by atoms with Gasteiger partial charge in [0.2, 0.25) is 0 Å². The Morgan fingerprint density at radius 3 is 2.05 bits per heavy atom. The number of ether oxygens (including phenoxy) is 1. The van der Waals surface area contributed by atoms with Gasteiger partial charge in [0, 0.05) is 95.1 Å². The number of carbonyl (C=O) groups is 1. The Balaban J connectivity index is 0.952. The van der Waals surface area contributed by atoms with Crippen LogP contribution in [0, 0.1) is 18.7 Å². The first-order valence-electron chi connectivity index (χ1n) is 27.0. The molecule has 84 heavy (non-hydrogen) atoms. The summed E-state index contributed by atoms with van der Waals surface area (Å²) < 4.78 is 161. The predicted molar refractivity (Wildman–Crippen MR) is 321 cm³/mol. The standard InChI is InChI=1S/C57H66ClF4N6O11PS4/c1-38(2)68-39(3)55(82(4,73)74)53(54(68)40-11-13-43(58)14-12-40)42-33-44(59)35-48(34-42)67-29-27-66(28-30-67)47-17-15-45(16-18-47)64-84(77,78)50-19-20-51(52(36-50)83(75,76)57(60,61)62)63-46(37-81-49-9-6-5-7-10-49)23-26-65-24-21-41(22-25-65)56(69)79-31-8-32-80(70,71)72/h5-7,9-20,33-36,38,41,46,63-64H,8,21-32,37H2,1-4H3,(H2,70,71,72). The van der Waals surface area contributed by atoms with Crippen molar-refractivity contribution in [2.75, 3.05) is 90.4 Å². The van der Waals surface area contributed by atoms with E-state index in [-0.39, 0.29) is 35.4 Å². The largest absolute Gasteiger partial charge is 0.501 e. The van der Waals surface area contributed by atoms with E-state index in [1.165, 1.54) is 36.0 Å². The topological polar surface area (TPSA) is 225 Å². The third kappa shape index (κ3) is 15.9. The number of alkyl halides is 3. The Labute approximate surface area is 496 Å². The van der Waals surface area contributed by atoms with Gasteiger partial charge in [-0.3, -0.25) is 14.1 Å². The number of hydrogen-bond acceptors (Lipinski definition) is 14. The fourth-order valence-electron chi connectivity index (χ4n) is 10.6. The maximum absolute atomic E-state index is 15.8. The lowest BCUT2D eigenvalue weighted by atomic mass is 9.96. The monoisotopic (exact) mass is 1280 g/mol. The van der Waals surface area contributed by atoms with E-state index in [0.717, 1.165) is 23.3 Å². The second-order valence-corrected chi connectivity index (χ2v) is 29.9. The van der Waals surface area contributed by atoms with Crippen LogP contribution in [0.1, 0.15) is 51.3 Å². The van der Waals surface area contributed by atoms with Crippen LogP contribution in [0.15, 0.2) is 135 Å². The van der Waals surface area contributed by atoms with Crippen molar-refractivity contribution in [2.45, 2.75) is 83.6 Å². The number of piperazine rings is 1. The number of anilines is 4. The van der Waals surface area contributed by atoms with Gasteiger partial charge in [-0.05, 0) is 156 Å². The molecule has 2 fully saturated rings. The summed E-state index contributed by atoms with van der Waals surface area (Å²) in [6.45, 7) is 8.56. The maximum atomic E-state index is 15.8. The molecule has 1 aromatic heterocycles. The number of esters is 1. The average Bonchev–Trinajstić information content (AvgIpc) is 2.84. The van der Waals surface area contributed by atoms with E-state index < -0.39 is 88.2 Å². The molecule has 0 saturated carbocycles. The smallest absolute Gasteiger partial charge is 0.465 e. The molecule has 5 aromatic carbocycles. The molecular weight excluding hydrogens is 1220 g/mol. The Hall–Kier alpha value is -5.63. The minimum absolute atomic E-state index is 0.0139. The molecule has 2 aliphatic rings. The van der Waals surface area contributed by atoms with Crippen molar-refractivity contribution in [3.8, 4) is 22.4 Å². The molecule has 0 amide bonds. The molecule has 0 spiro atoms. The number of nitrogens with zero attached hydrogens (tertiary/aromatic N) is 4. The van der Waals surface area contributed by atoms with Crippen LogP contribution >= 0.6 is 31.0 Å². The summed E-state index contributed by atoms with van der Waals surface area (Å²) in [4.78, 5) is 35.8. The summed E-state index contributed by atoms with van der Waals surface area (Å²) in [5, 5.41) is 3.49. The number of sulfonamides is 1. The molecule has 8 rings (SSSR count). The molecule has 0 radical (unpaired) electrons. The predicted octanol–water partition coefficient (Wildman–Crippen LogP) is 11.1.